The number of urea groups is 1. The van der Waals surface area contributed by atoms with Gasteiger partial charge in [-0.15, -0.1) is 0 Å². The number of nitrogens with one attached hydrogen (secondary N) is 2. The van der Waals surface area contributed by atoms with Crippen LogP contribution in [0.15, 0.2) is 48.5 Å². The zero-order chi connectivity index (χ0) is 18.4. The van der Waals surface area contributed by atoms with Crippen molar-refractivity contribution in [1.29, 1.82) is 0 Å². The molecule has 3 rings (SSSR count). The lowest BCUT2D eigenvalue weighted by molar-refractivity contribution is 0.221. The molecule has 138 valence electrons. The number of ether oxygens (including phenoxy) is 1. The van der Waals surface area contributed by atoms with Crippen LogP contribution in [0.3, 0.4) is 0 Å². The minimum Gasteiger partial charge on any atom is -0.489 e. The van der Waals surface area contributed by atoms with Crippen molar-refractivity contribution in [2.75, 3.05) is 25.5 Å². The van der Waals surface area contributed by atoms with Crippen molar-refractivity contribution in [3.63, 3.8) is 0 Å². The number of carbonyl (C=O) groups excluding carboxylic acids is 1. The van der Waals surface area contributed by atoms with Crippen LogP contribution in [0.4, 0.5) is 14.9 Å². The molecule has 2 amide bonds. The van der Waals surface area contributed by atoms with Crippen molar-refractivity contribution in [1.82, 2.24) is 10.2 Å². The van der Waals surface area contributed by atoms with Crippen LogP contribution in [-0.4, -0.2) is 37.1 Å². The van der Waals surface area contributed by atoms with Gasteiger partial charge in [0.15, 0.2) is 0 Å². The fraction of sp³-hybridized carbons (Fsp3) is 0.350. The maximum atomic E-state index is 12.9. The van der Waals surface area contributed by atoms with E-state index in [0.717, 1.165) is 31.5 Å². The standard InChI is InChI=1S/C20H24FN3O2/c1-24-11-9-17(10-12-24)22-20(25)23-18-3-2-4-19(13-18)26-14-15-5-7-16(21)8-6-15/h2-8,13,17H,9-12,14H2,1H3,(H2,22,23,25). The highest BCUT2D eigenvalue weighted by molar-refractivity contribution is 5.89. The SMILES string of the molecule is CN1CCC(NC(=O)Nc2cccc(OCc3ccc(F)cc3)c2)CC1. The second-order valence-corrected chi connectivity index (χ2v) is 6.62. The Balaban J connectivity index is 1.50. The van der Waals surface area contributed by atoms with Gasteiger partial charge in [-0.25, -0.2) is 9.18 Å². The fourth-order valence-electron chi connectivity index (χ4n) is 2.92. The molecule has 1 heterocycles. The van der Waals surface area contributed by atoms with E-state index in [1.54, 1.807) is 18.2 Å². The van der Waals surface area contributed by atoms with Gasteiger partial charge in [0.05, 0.1) is 0 Å². The van der Waals surface area contributed by atoms with Crippen LogP contribution in [0, 0.1) is 5.82 Å². The number of halogens is 1. The molecule has 1 saturated heterocycles. The maximum absolute atomic E-state index is 12.9. The predicted octanol–water partition coefficient (Wildman–Crippen LogP) is 3.62. The Labute approximate surface area is 153 Å². The number of likely N-dealkylation sites (tertiary alicyclic amines) is 1. The average Bonchev–Trinajstić information content (AvgIpc) is 2.63. The summed E-state index contributed by atoms with van der Waals surface area (Å²) < 4.78 is 18.6. The molecule has 0 saturated carbocycles. The second-order valence-electron chi connectivity index (χ2n) is 6.62. The van der Waals surface area contributed by atoms with E-state index in [2.05, 4.69) is 22.6 Å². The molecular formula is C20H24FN3O2. The first-order chi connectivity index (χ1) is 12.6. The molecule has 0 spiro atoms. The van der Waals surface area contributed by atoms with Crippen LogP contribution < -0.4 is 15.4 Å². The predicted molar refractivity (Wildman–Crippen MR) is 99.8 cm³/mol. The van der Waals surface area contributed by atoms with Crippen LogP contribution >= 0.6 is 0 Å². The number of hydrogen-bond acceptors (Lipinski definition) is 3. The van der Waals surface area contributed by atoms with Gasteiger partial charge in [-0.3, -0.25) is 0 Å². The highest BCUT2D eigenvalue weighted by Crippen LogP contribution is 2.19. The highest BCUT2D eigenvalue weighted by atomic mass is 19.1. The Morgan fingerprint density at radius 3 is 2.65 bits per heavy atom. The van der Waals surface area contributed by atoms with Crippen molar-refractivity contribution >= 4 is 11.7 Å². The first-order valence-corrected chi connectivity index (χ1v) is 8.82. The van der Waals surface area contributed by atoms with Gasteiger partial charge < -0.3 is 20.3 Å². The van der Waals surface area contributed by atoms with E-state index in [0.29, 0.717) is 18.0 Å². The van der Waals surface area contributed by atoms with E-state index >= 15 is 0 Å². The molecule has 0 unspecified atom stereocenters. The molecule has 0 bridgehead atoms. The Kier molecular flexibility index (Phi) is 6.07. The van der Waals surface area contributed by atoms with Gasteiger partial charge in [-0.05, 0) is 62.8 Å². The van der Waals surface area contributed by atoms with Crippen LogP contribution in [-0.2, 0) is 6.61 Å². The largest absolute Gasteiger partial charge is 0.489 e. The summed E-state index contributed by atoms with van der Waals surface area (Å²) >= 11 is 0. The number of nitrogens with zero attached hydrogens (tertiary/aromatic N) is 1. The van der Waals surface area contributed by atoms with Gasteiger partial charge >= 0.3 is 6.03 Å². The topological polar surface area (TPSA) is 53.6 Å². The number of amides is 2. The number of carbonyl (C=O) groups is 1. The maximum Gasteiger partial charge on any atom is 0.319 e. The lowest BCUT2D eigenvalue weighted by atomic mass is 10.1. The van der Waals surface area contributed by atoms with E-state index in [4.69, 9.17) is 4.74 Å². The molecule has 1 aliphatic heterocycles. The number of piperidine rings is 1. The van der Waals surface area contributed by atoms with Gasteiger partial charge in [-0.2, -0.15) is 0 Å². The quantitative estimate of drug-likeness (QED) is 0.859. The monoisotopic (exact) mass is 357 g/mol. The molecule has 0 aromatic heterocycles. The fourth-order valence-corrected chi connectivity index (χ4v) is 2.92. The summed E-state index contributed by atoms with van der Waals surface area (Å²) in [5.41, 5.74) is 1.55. The smallest absolute Gasteiger partial charge is 0.319 e. The number of anilines is 1. The zero-order valence-corrected chi connectivity index (χ0v) is 14.9. The van der Waals surface area contributed by atoms with Crippen molar-refractivity contribution in [2.24, 2.45) is 0 Å². The minimum absolute atomic E-state index is 0.199. The highest BCUT2D eigenvalue weighted by Gasteiger charge is 2.18. The Morgan fingerprint density at radius 1 is 1.19 bits per heavy atom. The Bertz CT molecular complexity index is 728. The Hall–Kier alpha value is -2.60. The normalized spacial score (nSPS) is 15.5. The molecule has 2 aromatic carbocycles. The molecule has 0 atom stereocenters. The van der Waals surface area contributed by atoms with Gasteiger partial charge in [0.1, 0.15) is 18.2 Å². The molecule has 2 aromatic rings. The van der Waals surface area contributed by atoms with Crippen LogP contribution in [0.5, 0.6) is 5.75 Å². The van der Waals surface area contributed by atoms with Crippen LogP contribution in [0.25, 0.3) is 0 Å². The van der Waals surface area contributed by atoms with Gasteiger partial charge in [0, 0.05) is 17.8 Å². The third-order valence-corrected chi connectivity index (χ3v) is 4.46. The Morgan fingerprint density at radius 2 is 1.92 bits per heavy atom. The van der Waals surface area contributed by atoms with E-state index < -0.39 is 0 Å². The second kappa shape index (κ2) is 8.67. The summed E-state index contributed by atoms with van der Waals surface area (Å²) in [6.07, 6.45) is 1.93. The summed E-state index contributed by atoms with van der Waals surface area (Å²) in [7, 11) is 2.09. The van der Waals surface area contributed by atoms with Gasteiger partial charge in [-0.1, -0.05) is 18.2 Å². The first-order valence-electron chi connectivity index (χ1n) is 8.82. The van der Waals surface area contributed by atoms with Crippen LogP contribution in [0.2, 0.25) is 0 Å². The van der Waals surface area contributed by atoms with Crippen molar-refractivity contribution in [3.05, 3.63) is 59.9 Å². The molecule has 0 radical (unpaired) electrons. The summed E-state index contributed by atoms with van der Waals surface area (Å²) in [5.74, 6) is 0.377. The van der Waals surface area contributed by atoms with Crippen LogP contribution in [0.1, 0.15) is 18.4 Å². The molecular weight excluding hydrogens is 333 g/mol. The first kappa shape index (κ1) is 18.2. The van der Waals surface area contributed by atoms with Crippen molar-refractivity contribution in [2.45, 2.75) is 25.5 Å². The summed E-state index contributed by atoms with van der Waals surface area (Å²) in [6, 6.07) is 13.4. The van der Waals surface area contributed by atoms with E-state index in [1.165, 1.54) is 12.1 Å². The summed E-state index contributed by atoms with van der Waals surface area (Å²) in [4.78, 5) is 14.4. The minimum atomic E-state index is -0.268. The molecule has 2 N–H and O–H groups in total. The lowest BCUT2D eigenvalue weighted by Crippen LogP contribution is -2.44. The molecule has 6 heteroatoms. The summed E-state index contributed by atoms with van der Waals surface area (Å²) in [6.45, 7) is 2.33. The third kappa shape index (κ3) is 5.46. The lowest BCUT2D eigenvalue weighted by Gasteiger charge is -2.29. The molecule has 26 heavy (non-hydrogen) atoms. The van der Waals surface area contributed by atoms with Crippen molar-refractivity contribution < 1.29 is 13.9 Å². The number of hydrogen-bond donors (Lipinski definition) is 2. The van der Waals surface area contributed by atoms with Gasteiger partial charge in [0.25, 0.3) is 0 Å². The van der Waals surface area contributed by atoms with Crippen molar-refractivity contribution in [3.8, 4) is 5.75 Å². The number of rotatable bonds is 5. The van der Waals surface area contributed by atoms with E-state index in [9.17, 15) is 9.18 Å². The molecule has 1 fully saturated rings. The van der Waals surface area contributed by atoms with E-state index in [1.807, 2.05) is 18.2 Å². The molecule has 1 aliphatic rings. The average molecular weight is 357 g/mol. The third-order valence-electron chi connectivity index (χ3n) is 4.46. The summed E-state index contributed by atoms with van der Waals surface area (Å²) in [5, 5.41) is 5.87. The van der Waals surface area contributed by atoms with E-state index in [-0.39, 0.29) is 17.9 Å². The molecule has 0 aliphatic carbocycles. The van der Waals surface area contributed by atoms with Gasteiger partial charge in [0.2, 0.25) is 0 Å². The number of benzene rings is 2. The zero-order valence-electron chi connectivity index (χ0n) is 14.9. The molecule has 5 nitrogen and oxygen atoms in total.